The maximum Gasteiger partial charge on any atom is 0.252 e. The molecule has 2 unspecified atom stereocenters. The van der Waals surface area contributed by atoms with E-state index in [1.807, 2.05) is 54.6 Å². The van der Waals surface area contributed by atoms with Gasteiger partial charge >= 0.3 is 0 Å². The molecule has 0 radical (unpaired) electrons. The van der Waals surface area contributed by atoms with Crippen molar-refractivity contribution in [2.75, 3.05) is 19.6 Å². The summed E-state index contributed by atoms with van der Waals surface area (Å²) < 4.78 is 29.6. The topological polar surface area (TPSA) is 66.5 Å². The number of sulfonamides is 1. The van der Waals surface area contributed by atoms with Gasteiger partial charge in [-0.15, -0.1) is 0 Å². The fourth-order valence-corrected chi connectivity index (χ4v) is 7.47. The predicted octanol–water partition coefficient (Wildman–Crippen LogP) is 6.24. The Hall–Kier alpha value is -2.13. The minimum absolute atomic E-state index is 0.164. The van der Waals surface area contributed by atoms with E-state index in [-0.39, 0.29) is 10.8 Å². The first-order valence-electron chi connectivity index (χ1n) is 12.1. The van der Waals surface area contributed by atoms with Crippen LogP contribution in [0.3, 0.4) is 0 Å². The number of hydrogen-bond acceptors (Lipinski definition) is 4. The third kappa shape index (κ3) is 6.79. The molecule has 8 heteroatoms. The number of nitrogens with one attached hydrogen (secondary N) is 1. The summed E-state index contributed by atoms with van der Waals surface area (Å²) in [6, 6.07) is 22.7. The van der Waals surface area contributed by atoms with E-state index in [0.717, 1.165) is 21.4 Å². The van der Waals surface area contributed by atoms with Gasteiger partial charge in [0, 0.05) is 33.9 Å². The Morgan fingerprint density at radius 1 is 1.00 bits per heavy atom. The lowest BCUT2D eigenvalue weighted by Gasteiger charge is -2.34. The second kappa shape index (κ2) is 11.9. The van der Waals surface area contributed by atoms with Crippen molar-refractivity contribution in [3.8, 4) is 0 Å². The summed E-state index contributed by atoms with van der Waals surface area (Å²) >= 11 is 4.90. The summed E-state index contributed by atoms with van der Waals surface area (Å²) in [5, 5.41) is 2.99. The maximum absolute atomic E-state index is 13.5. The summed E-state index contributed by atoms with van der Waals surface area (Å²) in [7, 11) is -3.70. The minimum atomic E-state index is -3.70. The van der Waals surface area contributed by atoms with Crippen molar-refractivity contribution in [3.63, 3.8) is 0 Å². The monoisotopic (exact) mass is 586 g/mol. The Morgan fingerprint density at radius 3 is 2.33 bits per heavy atom. The molecular formula is C28H31BrN2O3S2. The van der Waals surface area contributed by atoms with Gasteiger partial charge in [0.05, 0.1) is 10.5 Å². The van der Waals surface area contributed by atoms with Crippen LogP contribution in [-0.2, 0) is 16.4 Å². The highest BCUT2D eigenvalue weighted by molar-refractivity contribution is 9.10. The molecule has 1 heterocycles. The smallest absolute Gasteiger partial charge is 0.252 e. The van der Waals surface area contributed by atoms with Gasteiger partial charge in [-0.2, -0.15) is 4.31 Å². The summed E-state index contributed by atoms with van der Waals surface area (Å²) in [5.41, 5.74) is 1.50. The zero-order chi connectivity index (χ0) is 25.7. The Balaban J connectivity index is 1.61. The van der Waals surface area contributed by atoms with Crippen molar-refractivity contribution >= 4 is 43.6 Å². The van der Waals surface area contributed by atoms with E-state index >= 15 is 0 Å². The zero-order valence-electron chi connectivity index (χ0n) is 20.5. The number of carbonyl (C=O) groups excluding carboxylic acids is 1. The van der Waals surface area contributed by atoms with Crippen LogP contribution in [0.5, 0.6) is 0 Å². The Bertz CT molecular complexity index is 1290. The number of nitrogens with zero attached hydrogens (tertiary/aromatic N) is 1. The number of amides is 1. The largest absolute Gasteiger partial charge is 0.352 e. The lowest BCUT2D eigenvalue weighted by molar-refractivity contribution is 0.0951. The van der Waals surface area contributed by atoms with Crippen LogP contribution in [-0.4, -0.2) is 38.3 Å². The van der Waals surface area contributed by atoms with E-state index in [2.05, 4.69) is 35.1 Å². The summed E-state index contributed by atoms with van der Waals surface area (Å²) in [4.78, 5) is 15.2. The van der Waals surface area contributed by atoms with Gasteiger partial charge < -0.3 is 5.32 Å². The van der Waals surface area contributed by atoms with Gasteiger partial charge in [-0.3, -0.25) is 4.79 Å². The number of rotatable bonds is 8. The molecule has 1 saturated heterocycles. The molecule has 0 aliphatic carbocycles. The predicted molar refractivity (Wildman–Crippen MR) is 149 cm³/mol. The summed E-state index contributed by atoms with van der Waals surface area (Å²) in [6.07, 6.45) is 1.72. The molecule has 1 aliphatic rings. The molecule has 190 valence electrons. The van der Waals surface area contributed by atoms with Crippen LogP contribution in [0.2, 0.25) is 0 Å². The van der Waals surface area contributed by atoms with E-state index in [1.165, 1.54) is 17.8 Å². The SMILES string of the molecule is CC1CC(C)CN(S(=O)(=O)c2ccc(Sc3ccc(Br)cc3)c(C(=O)NCCc3ccccc3)c2)C1. The number of piperidine rings is 1. The van der Waals surface area contributed by atoms with Crippen molar-refractivity contribution in [1.29, 1.82) is 0 Å². The number of hydrogen-bond donors (Lipinski definition) is 1. The van der Waals surface area contributed by atoms with Gasteiger partial charge in [0.15, 0.2) is 0 Å². The van der Waals surface area contributed by atoms with Crippen LogP contribution in [0.1, 0.15) is 36.2 Å². The lowest BCUT2D eigenvalue weighted by atomic mass is 9.94. The van der Waals surface area contributed by atoms with Crippen molar-refractivity contribution in [2.24, 2.45) is 11.8 Å². The fraction of sp³-hybridized carbons (Fsp3) is 0.321. The van der Waals surface area contributed by atoms with Gasteiger partial charge in [0.1, 0.15) is 0 Å². The first-order valence-corrected chi connectivity index (χ1v) is 15.2. The van der Waals surface area contributed by atoms with Crippen molar-refractivity contribution < 1.29 is 13.2 Å². The number of benzene rings is 3. The van der Waals surface area contributed by atoms with Gasteiger partial charge in [-0.25, -0.2) is 8.42 Å². The molecule has 0 aromatic heterocycles. The van der Waals surface area contributed by atoms with Gasteiger partial charge in [-0.05, 0) is 72.7 Å². The first-order chi connectivity index (χ1) is 17.2. The van der Waals surface area contributed by atoms with E-state index in [4.69, 9.17) is 0 Å². The third-order valence-electron chi connectivity index (χ3n) is 6.25. The second-order valence-corrected chi connectivity index (χ2v) is 13.4. The molecule has 1 amide bonds. The molecule has 36 heavy (non-hydrogen) atoms. The first kappa shape index (κ1) is 26.9. The van der Waals surface area contributed by atoms with E-state index in [1.54, 1.807) is 16.4 Å². The van der Waals surface area contributed by atoms with Gasteiger partial charge in [0.25, 0.3) is 5.91 Å². The third-order valence-corrected chi connectivity index (χ3v) is 9.69. The van der Waals surface area contributed by atoms with Crippen LogP contribution in [0.4, 0.5) is 0 Å². The van der Waals surface area contributed by atoms with Crippen molar-refractivity contribution in [1.82, 2.24) is 9.62 Å². The lowest BCUT2D eigenvalue weighted by Crippen LogP contribution is -2.42. The Kier molecular flexibility index (Phi) is 8.93. The highest BCUT2D eigenvalue weighted by atomic mass is 79.9. The maximum atomic E-state index is 13.5. The van der Waals surface area contributed by atoms with Crippen LogP contribution >= 0.6 is 27.7 Å². The van der Waals surface area contributed by atoms with Crippen LogP contribution in [0.25, 0.3) is 0 Å². The fourth-order valence-electron chi connectivity index (χ4n) is 4.58. The van der Waals surface area contributed by atoms with Crippen LogP contribution in [0.15, 0.2) is 92.0 Å². The molecule has 4 rings (SSSR count). The summed E-state index contributed by atoms with van der Waals surface area (Å²) in [6.45, 7) is 5.63. The van der Waals surface area contributed by atoms with E-state index in [9.17, 15) is 13.2 Å². The Morgan fingerprint density at radius 2 is 1.67 bits per heavy atom. The van der Waals surface area contributed by atoms with Gasteiger partial charge in [0.2, 0.25) is 10.0 Å². The Labute approximate surface area is 226 Å². The van der Waals surface area contributed by atoms with Crippen LogP contribution in [0, 0.1) is 11.8 Å². The normalized spacial score (nSPS) is 18.6. The molecule has 5 nitrogen and oxygen atoms in total. The van der Waals surface area contributed by atoms with Gasteiger partial charge in [-0.1, -0.05) is 71.9 Å². The van der Waals surface area contributed by atoms with E-state index in [0.29, 0.717) is 48.3 Å². The number of halogens is 1. The molecular weight excluding hydrogens is 556 g/mol. The molecule has 1 aliphatic heterocycles. The minimum Gasteiger partial charge on any atom is -0.352 e. The molecule has 1 N–H and O–H groups in total. The quantitative estimate of drug-likeness (QED) is 0.339. The number of carbonyl (C=O) groups is 1. The average Bonchev–Trinajstić information content (AvgIpc) is 2.85. The molecule has 1 fully saturated rings. The second-order valence-electron chi connectivity index (χ2n) is 9.47. The average molecular weight is 588 g/mol. The van der Waals surface area contributed by atoms with Crippen molar-refractivity contribution in [3.05, 3.63) is 88.4 Å². The molecule has 3 aromatic rings. The zero-order valence-corrected chi connectivity index (χ0v) is 23.7. The standard InChI is InChI=1S/C28H31BrN2O3S2/c1-20-16-21(2)19-31(18-20)36(33,34)25-12-13-27(35-24-10-8-23(29)9-11-24)26(17-25)28(32)30-15-14-22-6-4-3-5-7-22/h3-13,17,20-21H,14-16,18-19H2,1-2H3,(H,30,32). The molecule has 0 bridgehead atoms. The van der Waals surface area contributed by atoms with Crippen LogP contribution < -0.4 is 5.32 Å². The molecule has 3 aromatic carbocycles. The molecule has 0 spiro atoms. The highest BCUT2D eigenvalue weighted by Crippen LogP contribution is 2.34. The van der Waals surface area contributed by atoms with E-state index < -0.39 is 10.0 Å². The van der Waals surface area contributed by atoms with Crippen molar-refractivity contribution in [2.45, 2.75) is 41.4 Å². The molecule has 0 saturated carbocycles. The summed E-state index contributed by atoms with van der Waals surface area (Å²) in [5.74, 6) is 0.330. The molecule has 2 atom stereocenters. The highest BCUT2D eigenvalue weighted by Gasteiger charge is 2.32.